The molecule has 1 aliphatic rings. The van der Waals surface area contributed by atoms with Crippen molar-refractivity contribution in [2.75, 3.05) is 0 Å². The van der Waals surface area contributed by atoms with E-state index in [0.717, 1.165) is 0 Å². The van der Waals surface area contributed by atoms with Gasteiger partial charge in [0.1, 0.15) is 16.5 Å². The number of rotatable bonds is 2. The van der Waals surface area contributed by atoms with Crippen molar-refractivity contribution in [3.8, 4) is 5.75 Å². The fourth-order valence-corrected chi connectivity index (χ4v) is 2.92. The maximum absolute atomic E-state index is 12.3. The number of aromatic nitrogens is 2. The zero-order valence-electron chi connectivity index (χ0n) is 9.91. The van der Waals surface area contributed by atoms with Gasteiger partial charge in [-0.25, -0.2) is 4.98 Å². The summed E-state index contributed by atoms with van der Waals surface area (Å²) in [7, 11) is 0. The first-order chi connectivity index (χ1) is 9.63. The molecule has 0 saturated heterocycles. The Kier molecular flexibility index (Phi) is 3.15. The van der Waals surface area contributed by atoms with Gasteiger partial charge in [0.05, 0.1) is 5.39 Å². The molecule has 0 amide bonds. The molecule has 3 rings (SSSR count). The number of pyridine rings is 2. The minimum Gasteiger partial charge on any atom is -0.506 e. The third-order valence-corrected chi connectivity index (χ3v) is 4.00. The maximum Gasteiger partial charge on any atom is 0.269 e. The minimum atomic E-state index is -0.617. The lowest BCUT2D eigenvalue weighted by Crippen LogP contribution is -2.31. The lowest BCUT2D eigenvalue weighted by atomic mass is 10.2. The predicted octanol–water partition coefficient (Wildman–Crippen LogP) is 1.83. The van der Waals surface area contributed by atoms with E-state index in [4.69, 9.17) is 11.6 Å². The van der Waals surface area contributed by atoms with E-state index in [9.17, 15) is 14.7 Å². The Bertz CT molecular complexity index is 795. The van der Waals surface area contributed by atoms with E-state index in [-0.39, 0.29) is 22.1 Å². The van der Waals surface area contributed by atoms with Gasteiger partial charge < -0.3 is 10.4 Å². The number of nitrogens with one attached hydrogen (secondary N) is 1. The first-order valence-corrected chi connectivity index (χ1v) is 6.91. The van der Waals surface area contributed by atoms with Gasteiger partial charge in [-0.3, -0.25) is 14.2 Å². The molecule has 1 unspecified atom stereocenters. The number of halogens is 1. The SMILES string of the molecule is O=Cc1c(O)c2ccc(Cl)nc2n(C2NC=CS2)c1=O. The molecule has 6 nitrogen and oxygen atoms in total. The number of thioether (sulfide) groups is 1. The lowest BCUT2D eigenvalue weighted by Gasteiger charge is -2.17. The molecule has 1 atom stereocenters. The van der Waals surface area contributed by atoms with Crippen molar-refractivity contribution in [3.63, 3.8) is 0 Å². The number of aldehydes is 1. The number of aromatic hydroxyl groups is 1. The molecular weight excluding hydrogens is 302 g/mol. The lowest BCUT2D eigenvalue weighted by molar-refractivity contribution is 0.111. The number of hydrogen-bond acceptors (Lipinski definition) is 6. The van der Waals surface area contributed by atoms with Crippen LogP contribution in [0.2, 0.25) is 5.15 Å². The summed E-state index contributed by atoms with van der Waals surface area (Å²) in [6, 6.07) is 3.01. The highest BCUT2D eigenvalue weighted by atomic mass is 35.5. The Morgan fingerprint density at radius 3 is 2.95 bits per heavy atom. The van der Waals surface area contributed by atoms with E-state index < -0.39 is 11.1 Å². The molecule has 2 aromatic rings. The monoisotopic (exact) mass is 309 g/mol. The molecule has 3 heterocycles. The van der Waals surface area contributed by atoms with E-state index >= 15 is 0 Å². The van der Waals surface area contributed by atoms with Crippen LogP contribution in [0.1, 0.15) is 15.9 Å². The zero-order chi connectivity index (χ0) is 14.3. The molecular formula is C12H8ClN3O3S. The molecule has 20 heavy (non-hydrogen) atoms. The maximum atomic E-state index is 12.3. The predicted molar refractivity (Wildman–Crippen MR) is 77.0 cm³/mol. The smallest absolute Gasteiger partial charge is 0.269 e. The van der Waals surface area contributed by atoms with Crippen molar-refractivity contribution in [2.45, 2.75) is 5.50 Å². The van der Waals surface area contributed by atoms with Crippen LogP contribution in [-0.2, 0) is 0 Å². The van der Waals surface area contributed by atoms with Crippen LogP contribution >= 0.6 is 23.4 Å². The van der Waals surface area contributed by atoms with Crippen molar-refractivity contribution < 1.29 is 9.90 Å². The van der Waals surface area contributed by atoms with Crippen molar-refractivity contribution in [2.24, 2.45) is 0 Å². The fraction of sp³-hybridized carbons (Fsp3) is 0.0833. The highest BCUT2D eigenvalue weighted by Gasteiger charge is 2.23. The Morgan fingerprint density at radius 1 is 1.50 bits per heavy atom. The molecule has 8 heteroatoms. The Hall–Kier alpha value is -1.99. The molecule has 2 N–H and O–H groups in total. The fourth-order valence-electron chi connectivity index (χ4n) is 2.00. The highest BCUT2D eigenvalue weighted by Crippen LogP contribution is 2.31. The third kappa shape index (κ3) is 1.86. The second kappa shape index (κ2) is 4.84. The first-order valence-electron chi connectivity index (χ1n) is 5.59. The Morgan fingerprint density at radius 2 is 2.30 bits per heavy atom. The van der Waals surface area contributed by atoms with E-state index in [1.165, 1.54) is 28.5 Å². The molecule has 0 aliphatic carbocycles. The average molecular weight is 310 g/mol. The molecule has 1 aliphatic heterocycles. The average Bonchev–Trinajstić information content (AvgIpc) is 2.93. The van der Waals surface area contributed by atoms with Crippen LogP contribution in [0.15, 0.2) is 28.5 Å². The molecule has 0 saturated carbocycles. The molecule has 0 aromatic carbocycles. The van der Waals surface area contributed by atoms with Gasteiger partial charge >= 0.3 is 0 Å². The topological polar surface area (TPSA) is 84.2 Å². The normalized spacial score (nSPS) is 17.4. The second-order valence-electron chi connectivity index (χ2n) is 4.02. The molecule has 0 fully saturated rings. The molecule has 102 valence electrons. The molecule has 0 spiro atoms. The van der Waals surface area contributed by atoms with Gasteiger partial charge in [-0.05, 0) is 17.5 Å². The van der Waals surface area contributed by atoms with Crippen LogP contribution in [0.25, 0.3) is 11.0 Å². The van der Waals surface area contributed by atoms with Gasteiger partial charge in [-0.15, -0.1) is 0 Å². The summed E-state index contributed by atoms with van der Waals surface area (Å²) in [5, 5.41) is 15.2. The van der Waals surface area contributed by atoms with Crippen molar-refractivity contribution >= 4 is 40.7 Å². The van der Waals surface area contributed by atoms with Gasteiger partial charge in [0.15, 0.2) is 17.4 Å². The summed E-state index contributed by atoms with van der Waals surface area (Å²) < 4.78 is 1.30. The van der Waals surface area contributed by atoms with Crippen LogP contribution in [0.4, 0.5) is 0 Å². The van der Waals surface area contributed by atoms with Crippen molar-refractivity contribution in [1.82, 2.24) is 14.9 Å². The molecule has 0 bridgehead atoms. The van der Waals surface area contributed by atoms with E-state index in [1.807, 2.05) is 0 Å². The third-order valence-electron chi connectivity index (χ3n) is 2.90. The number of fused-ring (bicyclic) bond motifs is 1. The summed E-state index contributed by atoms with van der Waals surface area (Å²) in [6.45, 7) is 0. The first kappa shape index (κ1) is 13.0. The molecule has 2 aromatic heterocycles. The van der Waals surface area contributed by atoms with Crippen LogP contribution in [0.3, 0.4) is 0 Å². The van der Waals surface area contributed by atoms with Gasteiger partial charge in [0.25, 0.3) is 5.56 Å². The number of carbonyl (C=O) groups excluding carboxylic acids is 1. The number of hydrogen-bond donors (Lipinski definition) is 2. The largest absolute Gasteiger partial charge is 0.506 e. The minimum absolute atomic E-state index is 0.194. The van der Waals surface area contributed by atoms with Crippen LogP contribution in [-0.4, -0.2) is 20.9 Å². The summed E-state index contributed by atoms with van der Waals surface area (Å²) in [5.74, 6) is -0.378. The molecule has 0 radical (unpaired) electrons. The van der Waals surface area contributed by atoms with Gasteiger partial charge in [0, 0.05) is 6.20 Å². The summed E-state index contributed by atoms with van der Waals surface area (Å²) in [5.41, 5.74) is -1.13. The van der Waals surface area contributed by atoms with Crippen molar-refractivity contribution in [3.05, 3.63) is 44.8 Å². The van der Waals surface area contributed by atoms with Crippen LogP contribution in [0.5, 0.6) is 5.75 Å². The zero-order valence-corrected chi connectivity index (χ0v) is 11.5. The Labute approximate surface area is 122 Å². The van der Waals surface area contributed by atoms with E-state index in [2.05, 4.69) is 10.3 Å². The summed E-state index contributed by atoms with van der Waals surface area (Å²) in [6.07, 6.45) is 2.03. The number of nitrogens with zero attached hydrogens (tertiary/aromatic N) is 2. The van der Waals surface area contributed by atoms with E-state index in [0.29, 0.717) is 11.7 Å². The quantitative estimate of drug-likeness (QED) is 0.650. The van der Waals surface area contributed by atoms with Crippen LogP contribution < -0.4 is 10.9 Å². The van der Waals surface area contributed by atoms with Gasteiger partial charge in [-0.2, -0.15) is 0 Å². The Balaban J connectivity index is 2.43. The second-order valence-corrected chi connectivity index (χ2v) is 5.40. The summed E-state index contributed by atoms with van der Waals surface area (Å²) in [4.78, 5) is 27.5. The number of carbonyl (C=O) groups is 1. The van der Waals surface area contributed by atoms with Crippen LogP contribution in [0, 0.1) is 0 Å². The standard InChI is InChI=1S/C12H8ClN3O3S/c13-8-2-1-6-9(18)7(5-17)11(19)16(10(6)15-8)12-14-3-4-20-12/h1-5,12,14,18H. The highest BCUT2D eigenvalue weighted by molar-refractivity contribution is 8.02. The van der Waals surface area contributed by atoms with Gasteiger partial charge in [0.2, 0.25) is 0 Å². The van der Waals surface area contributed by atoms with Crippen molar-refractivity contribution in [1.29, 1.82) is 0 Å². The summed E-state index contributed by atoms with van der Waals surface area (Å²) >= 11 is 7.20. The van der Waals surface area contributed by atoms with E-state index in [1.54, 1.807) is 11.6 Å². The van der Waals surface area contributed by atoms with Gasteiger partial charge in [-0.1, -0.05) is 23.4 Å².